The SMILES string of the molecule is [B]C12CCC(CC1)C1(C2)OC(Nc2nc(-c3ccc(OC)cc3)cs2)=NC1N. The van der Waals surface area contributed by atoms with E-state index in [1.807, 2.05) is 29.6 Å². The van der Waals surface area contributed by atoms with Crippen molar-refractivity contribution in [2.45, 2.75) is 49.2 Å². The minimum atomic E-state index is -0.469. The number of nitrogens with two attached hydrogens (primary N) is 1. The average molecular weight is 394 g/mol. The highest BCUT2D eigenvalue weighted by Gasteiger charge is 2.59. The maximum absolute atomic E-state index is 6.57. The molecule has 2 heterocycles. The molecule has 1 aromatic carbocycles. The fourth-order valence-electron chi connectivity index (χ4n) is 4.90. The smallest absolute Gasteiger partial charge is 0.293 e. The highest BCUT2D eigenvalue weighted by atomic mass is 32.1. The van der Waals surface area contributed by atoms with Crippen molar-refractivity contribution in [2.24, 2.45) is 16.6 Å². The lowest BCUT2D eigenvalue weighted by molar-refractivity contribution is -0.0796. The van der Waals surface area contributed by atoms with Crippen LogP contribution in [0.15, 0.2) is 34.6 Å². The summed E-state index contributed by atoms with van der Waals surface area (Å²) in [5, 5.41) is 5.79. The number of aliphatic imine (C=N–C) groups is 1. The first-order chi connectivity index (χ1) is 13.5. The molecule has 3 aliphatic carbocycles. The van der Waals surface area contributed by atoms with Crippen LogP contribution >= 0.6 is 11.3 Å². The maximum atomic E-state index is 6.57. The zero-order valence-corrected chi connectivity index (χ0v) is 16.7. The van der Waals surface area contributed by atoms with Crippen LogP contribution in [0.3, 0.4) is 0 Å². The van der Waals surface area contributed by atoms with E-state index in [2.05, 4.69) is 15.3 Å². The number of methoxy groups -OCH3 is 1. The molecule has 1 aliphatic heterocycles. The zero-order valence-electron chi connectivity index (χ0n) is 15.9. The lowest BCUT2D eigenvalue weighted by Crippen LogP contribution is -2.58. The van der Waals surface area contributed by atoms with Crippen molar-refractivity contribution in [3.8, 4) is 17.0 Å². The van der Waals surface area contributed by atoms with Gasteiger partial charge in [-0.05, 0) is 43.5 Å². The van der Waals surface area contributed by atoms with Gasteiger partial charge in [0.1, 0.15) is 11.9 Å². The molecule has 2 radical (unpaired) electrons. The van der Waals surface area contributed by atoms with Crippen LogP contribution in [-0.2, 0) is 4.74 Å². The number of nitrogens with zero attached hydrogens (tertiary/aromatic N) is 2. The van der Waals surface area contributed by atoms with Gasteiger partial charge in [-0.15, -0.1) is 11.3 Å². The number of fused-ring (bicyclic) bond motifs is 2. The summed E-state index contributed by atoms with van der Waals surface area (Å²) in [4.78, 5) is 9.23. The summed E-state index contributed by atoms with van der Waals surface area (Å²) in [7, 11) is 8.23. The third-order valence-corrected chi connectivity index (χ3v) is 7.21. The van der Waals surface area contributed by atoms with Crippen LogP contribution < -0.4 is 15.8 Å². The van der Waals surface area contributed by atoms with Crippen molar-refractivity contribution in [1.29, 1.82) is 0 Å². The van der Waals surface area contributed by atoms with E-state index in [4.69, 9.17) is 23.1 Å². The van der Waals surface area contributed by atoms with Gasteiger partial charge in [-0.3, -0.25) is 5.32 Å². The number of rotatable bonds is 3. The molecule has 6 nitrogen and oxygen atoms in total. The van der Waals surface area contributed by atoms with Crippen LogP contribution in [0.5, 0.6) is 5.75 Å². The fraction of sp³-hybridized carbons (Fsp3) is 0.500. The molecule has 144 valence electrons. The number of amidine groups is 1. The molecule has 2 unspecified atom stereocenters. The Kier molecular flexibility index (Phi) is 4.17. The second-order valence-corrected chi connectivity index (χ2v) is 9.00. The quantitative estimate of drug-likeness (QED) is 0.778. The minimum Gasteiger partial charge on any atom is -0.497 e. The summed E-state index contributed by atoms with van der Waals surface area (Å²) >= 11 is 1.51. The first-order valence-corrected chi connectivity index (χ1v) is 10.6. The second kappa shape index (κ2) is 6.49. The highest BCUT2D eigenvalue weighted by Crippen LogP contribution is 2.60. The van der Waals surface area contributed by atoms with Gasteiger partial charge in [0.05, 0.1) is 20.7 Å². The van der Waals surface area contributed by atoms with Crippen molar-refractivity contribution >= 4 is 30.3 Å². The molecule has 1 spiro atoms. The van der Waals surface area contributed by atoms with Crippen LogP contribution in [0.25, 0.3) is 11.3 Å². The van der Waals surface area contributed by atoms with Crippen LogP contribution in [0, 0.1) is 5.92 Å². The van der Waals surface area contributed by atoms with Gasteiger partial charge in [0.2, 0.25) is 0 Å². The molecule has 2 atom stereocenters. The standard InChI is InChI=1S/C20H23BN4O2S/c1-26-14-4-2-12(3-5-14)15-10-28-18(23-15)25-17-24-16(22)20(27-17)11-19(21)8-6-13(20)7-9-19/h2-5,10,13,16H,6-9,11,22H2,1H3,(H,23,24,25). The molecule has 3 N–H and O–H groups in total. The van der Waals surface area contributed by atoms with Crippen molar-refractivity contribution in [3.63, 3.8) is 0 Å². The number of hydrogen-bond donors (Lipinski definition) is 2. The zero-order chi connectivity index (χ0) is 19.4. The van der Waals surface area contributed by atoms with Crippen molar-refractivity contribution in [3.05, 3.63) is 29.6 Å². The predicted octanol–water partition coefficient (Wildman–Crippen LogP) is 3.56. The molecule has 2 bridgehead atoms. The lowest BCUT2D eigenvalue weighted by atomic mass is 9.46. The Morgan fingerprint density at radius 1 is 1.29 bits per heavy atom. The molecule has 0 saturated heterocycles. The normalized spacial score (nSPS) is 33.6. The summed E-state index contributed by atoms with van der Waals surface area (Å²) in [6, 6.07) is 8.29. The van der Waals surface area contributed by atoms with Gasteiger partial charge in [0.25, 0.3) is 6.02 Å². The van der Waals surface area contributed by atoms with E-state index in [0.29, 0.717) is 11.9 Å². The average Bonchev–Trinajstić information content (AvgIpc) is 3.27. The molecule has 4 aliphatic rings. The topological polar surface area (TPSA) is 81.8 Å². The van der Waals surface area contributed by atoms with E-state index in [1.54, 1.807) is 7.11 Å². The van der Waals surface area contributed by atoms with Gasteiger partial charge in [-0.1, -0.05) is 18.2 Å². The van der Waals surface area contributed by atoms with Gasteiger partial charge in [0.15, 0.2) is 10.7 Å². The first-order valence-electron chi connectivity index (χ1n) is 9.68. The largest absolute Gasteiger partial charge is 0.497 e. The molecule has 6 rings (SSSR count). The second-order valence-electron chi connectivity index (χ2n) is 8.14. The molecular weight excluding hydrogens is 371 g/mol. The van der Waals surface area contributed by atoms with Crippen molar-refractivity contribution in [2.75, 3.05) is 12.4 Å². The maximum Gasteiger partial charge on any atom is 0.293 e. The molecule has 28 heavy (non-hydrogen) atoms. The summed E-state index contributed by atoms with van der Waals surface area (Å²) in [5.41, 5.74) is 7.88. The Hall–Kier alpha value is -2.06. The number of hydrogen-bond acceptors (Lipinski definition) is 7. The Labute approximate surface area is 170 Å². The monoisotopic (exact) mass is 394 g/mol. The third kappa shape index (κ3) is 2.90. The number of thiazole rings is 1. The number of nitrogens with one attached hydrogen (secondary N) is 1. The lowest BCUT2D eigenvalue weighted by Gasteiger charge is -2.55. The van der Waals surface area contributed by atoms with Crippen LogP contribution in [0.4, 0.5) is 5.13 Å². The van der Waals surface area contributed by atoms with E-state index >= 15 is 0 Å². The van der Waals surface area contributed by atoms with Crippen molar-refractivity contribution in [1.82, 2.24) is 4.98 Å². The van der Waals surface area contributed by atoms with E-state index in [-0.39, 0.29) is 11.5 Å². The van der Waals surface area contributed by atoms with Gasteiger partial charge in [-0.25, -0.2) is 9.98 Å². The van der Waals surface area contributed by atoms with Gasteiger partial charge in [-0.2, -0.15) is 0 Å². The van der Waals surface area contributed by atoms with Gasteiger partial charge < -0.3 is 15.2 Å². The Balaban J connectivity index is 1.31. The molecule has 0 amide bonds. The van der Waals surface area contributed by atoms with E-state index in [9.17, 15) is 0 Å². The number of aromatic nitrogens is 1. The molecule has 8 heteroatoms. The highest BCUT2D eigenvalue weighted by molar-refractivity contribution is 7.14. The number of benzene rings is 1. The predicted molar refractivity (Wildman–Crippen MR) is 112 cm³/mol. The van der Waals surface area contributed by atoms with Crippen molar-refractivity contribution < 1.29 is 9.47 Å². The fourth-order valence-corrected chi connectivity index (χ4v) is 5.60. The third-order valence-electron chi connectivity index (χ3n) is 6.45. The first kappa shape index (κ1) is 18.0. The van der Waals surface area contributed by atoms with Crippen LogP contribution in [0.1, 0.15) is 32.1 Å². The number of ether oxygens (including phenoxy) is 2. The van der Waals surface area contributed by atoms with Gasteiger partial charge >= 0.3 is 0 Å². The van der Waals surface area contributed by atoms with E-state index < -0.39 is 5.60 Å². The summed E-state index contributed by atoms with van der Waals surface area (Å²) in [6.07, 6.45) is 4.61. The van der Waals surface area contributed by atoms with E-state index in [0.717, 1.165) is 54.2 Å². The molecular formula is C20H23BN4O2S. The van der Waals surface area contributed by atoms with Crippen LogP contribution in [0.2, 0.25) is 5.31 Å². The summed E-state index contributed by atoms with van der Waals surface area (Å²) in [6.45, 7) is 0. The molecule has 3 saturated carbocycles. The molecule has 1 aromatic heterocycles. The number of anilines is 1. The summed E-state index contributed by atoms with van der Waals surface area (Å²) in [5.74, 6) is 1.24. The molecule has 3 fully saturated rings. The Morgan fingerprint density at radius 2 is 2.04 bits per heavy atom. The van der Waals surface area contributed by atoms with Crippen LogP contribution in [-0.4, -0.2) is 37.7 Å². The summed E-state index contributed by atoms with van der Waals surface area (Å²) < 4.78 is 11.5. The van der Waals surface area contributed by atoms with Gasteiger partial charge in [0, 0.05) is 16.9 Å². The Morgan fingerprint density at radius 3 is 2.71 bits per heavy atom. The molecule has 2 aromatic rings. The Bertz CT molecular complexity index is 907. The van der Waals surface area contributed by atoms with E-state index in [1.165, 1.54) is 11.3 Å². The minimum absolute atomic E-state index is 0.167.